The van der Waals surface area contributed by atoms with Crippen LogP contribution in [-0.2, 0) is 17.9 Å². The Morgan fingerprint density at radius 2 is 1.83 bits per heavy atom. The molecule has 0 radical (unpaired) electrons. The van der Waals surface area contributed by atoms with E-state index < -0.39 is 11.6 Å². The van der Waals surface area contributed by atoms with Crippen molar-refractivity contribution in [3.05, 3.63) is 74.4 Å². The van der Waals surface area contributed by atoms with Crippen LogP contribution in [0.15, 0.2) is 52.1 Å². The highest BCUT2D eigenvalue weighted by atomic mass is 16.2. The molecule has 0 fully saturated rings. The Bertz CT molecular complexity index is 1560. The van der Waals surface area contributed by atoms with Crippen LogP contribution < -0.4 is 21.9 Å². The van der Waals surface area contributed by atoms with Crippen molar-refractivity contribution in [2.75, 3.05) is 5.32 Å². The number of hydrogen-bond donors (Lipinski definition) is 2. The molecule has 0 aliphatic heterocycles. The van der Waals surface area contributed by atoms with E-state index in [-0.39, 0.29) is 40.7 Å². The van der Waals surface area contributed by atoms with E-state index in [0.29, 0.717) is 24.2 Å². The summed E-state index contributed by atoms with van der Waals surface area (Å²) in [5, 5.41) is 10.2. The van der Waals surface area contributed by atoms with Crippen LogP contribution in [0.3, 0.4) is 0 Å². The highest BCUT2D eigenvalue weighted by Crippen LogP contribution is 2.16. The van der Waals surface area contributed by atoms with E-state index in [1.165, 1.54) is 15.0 Å². The highest BCUT2D eigenvalue weighted by Gasteiger charge is 2.20. The lowest BCUT2D eigenvalue weighted by atomic mass is 10.1. The molecule has 0 saturated carbocycles. The average Bonchev–Trinajstić information content (AvgIpc) is 3.13. The third-order valence-corrected chi connectivity index (χ3v) is 5.62. The van der Waals surface area contributed by atoms with E-state index in [9.17, 15) is 19.2 Å². The smallest absolute Gasteiger partial charge is 0.350 e. The molecule has 0 bridgehead atoms. The molecule has 0 spiro atoms. The van der Waals surface area contributed by atoms with Crippen LogP contribution >= 0.6 is 0 Å². The Balaban J connectivity index is 1.85. The van der Waals surface area contributed by atoms with E-state index in [2.05, 4.69) is 15.7 Å². The first-order chi connectivity index (χ1) is 16.7. The Labute approximate surface area is 201 Å². The van der Waals surface area contributed by atoms with Gasteiger partial charge in [-0.3, -0.25) is 19.0 Å². The number of amides is 2. The summed E-state index contributed by atoms with van der Waals surface area (Å²) in [4.78, 5) is 51.9. The number of aromatic nitrogens is 4. The molecule has 10 heteroatoms. The predicted octanol–water partition coefficient (Wildman–Crippen LogP) is 2.31. The van der Waals surface area contributed by atoms with Crippen molar-refractivity contribution in [2.45, 2.75) is 53.2 Å². The number of nitrogens with zero attached hydrogens (tertiary/aromatic N) is 4. The Kier molecular flexibility index (Phi) is 6.54. The van der Waals surface area contributed by atoms with Gasteiger partial charge in [-0.25, -0.2) is 13.9 Å². The normalized spacial score (nSPS) is 11.3. The first-order valence-electron chi connectivity index (χ1n) is 11.5. The van der Waals surface area contributed by atoms with Gasteiger partial charge in [-0.05, 0) is 57.0 Å². The minimum atomic E-state index is -0.573. The minimum absolute atomic E-state index is 0.0759. The van der Waals surface area contributed by atoms with E-state index in [0.717, 1.165) is 10.2 Å². The van der Waals surface area contributed by atoms with Crippen molar-refractivity contribution in [1.82, 2.24) is 24.1 Å². The van der Waals surface area contributed by atoms with E-state index >= 15 is 0 Å². The molecule has 4 rings (SSSR count). The maximum atomic E-state index is 13.4. The topological polar surface area (TPSA) is 120 Å². The molecule has 0 atom stereocenters. The lowest BCUT2D eigenvalue weighted by molar-refractivity contribution is -0.117. The van der Waals surface area contributed by atoms with Crippen molar-refractivity contribution in [3.63, 3.8) is 0 Å². The summed E-state index contributed by atoms with van der Waals surface area (Å²) in [5.41, 5.74) is 1.23. The van der Waals surface area contributed by atoms with Crippen molar-refractivity contribution < 1.29 is 9.59 Å². The molecule has 2 amide bonds. The first kappa shape index (κ1) is 23.9. The van der Waals surface area contributed by atoms with Gasteiger partial charge < -0.3 is 10.6 Å². The van der Waals surface area contributed by atoms with Gasteiger partial charge in [0.25, 0.3) is 11.5 Å². The lowest BCUT2D eigenvalue weighted by Crippen LogP contribution is -2.31. The number of para-hydroxylation sites is 1. The van der Waals surface area contributed by atoms with Crippen molar-refractivity contribution >= 4 is 34.2 Å². The molecule has 0 unspecified atom stereocenters. The quantitative estimate of drug-likeness (QED) is 0.424. The second-order valence-electron chi connectivity index (χ2n) is 8.76. The van der Waals surface area contributed by atoms with Gasteiger partial charge in [0.15, 0.2) is 0 Å². The van der Waals surface area contributed by atoms with Gasteiger partial charge in [0.05, 0.1) is 10.9 Å². The van der Waals surface area contributed by atoms with Crippen LogP contribution in [-0.4, -0.2) is 36.6 Å². The molecule has 10 nitrogen and oxygen atoms in total. The van der Waals surface area contributed by atoms with Crippen LogP contribution in [0.1, 0.15) is 43.1 Å². The summed E-state index contributed by atoms with van der Waals surface area (Å²) in [6, 6.07) is 11.9. The van der Waals surface area contributed by atoms with E-state index in [1.54, 1.807) is 18.2 Å². The second-order valence-corrected chi connectivity index (χ2v) is 8.76. The molecular formula is C25H28N6O4. The molecule has 2 aromatic heterocycles. The van der Waals surface area contributed by atoms with Crippen molar-refractivity contribution in [2.24, 2.45) is 0 Å². The minimum Gasteiger partial charge on any atom is -0.350 e. The second kappa shape index (κ2) is 9.57. The molecule has 0 aliphatic carbocycles. The molecular weight excluding hydrogens is 448 g/mol. The molecule has 2 aromatic carbocycles. The Morgan fingerprint density at radius 3 is 2.51 bits per heavy atom. The number of carbonyl (C=O) groups excluding carboxylic acids is 2. The third kappa shape index (κ3) is 4.59. The number of nitrogens with one attached hydrogen (secondary N) is 2. The summed E-state index contributed by atoms with van der Waals surface area (Å²) in [6.45, 7) is 7.49. The largest absolute Gasteiger partial charge is 0.352 e. The Hall–Kier alpha value is -4.21. The number of rotatable bonds is 7. The number of hydrogen-bond acceptors (Lipinski definition) is 5. The Morgan fingerprint density at radius 1 is 1.09 bits per heavy atom. The zero-order valence-corrected chi connectivity index (χ0v) is 20.2. The maximum Gasteiger partial charge on any atom is 0.352 e. The highest BCUT2D eigenvalue weighted by molar-refractivity contribution is 5.98. The summed E-state index contributed by atoms with van der Waals surface area (Å²) in [6.07, 6.45) is 0.644. The number of anilines is 1. The number of aryl methyl sites for hydroxylation is 2. The van der Waals surface area contributed by atoms with E-state index in [4.69, 9.17) is 0 Å². The summed E-state index contributed by atoms with van der Waals surface area (Å²) >= 11 is 0. The van der Waals surface area contributed by atoms with Gasteiger partial charge in [0, 0.05) is 23.8 Å². The van der Waals surface area contributed by atoms with Crippen LogP contribution in [0.25, 0.3) is 16.7 Å². The van der Waals surface area contributed by atoms with Crippen LogP contribution in [0.4, 0.5) is 5.69 Å². The fourth-order valence-electron chi connectivity index (χ4n) is 3.97. The lowest BCUT2D eigenvalue weighted by Gasteiger charge is -2.11. The molecule has 0 saturated heterocycles. The SMILES string of the molecule is CCCn1c(=O)c2ccc(C(=O)NC(C)C)cc2n2c(=O)n(CC(=O)Nc3ccccc3C)nc12. The molecule has 2 heterocycles. The van der Waals surface area contributed by atoms with Gasteiger partial charge in [0.2, 0.25) is 11.7 Å². The van der Waals surface area contributed by atoms with Crippen molar-refractivity contribution in [1.29, 1.82) is 0 Å². The zero-order valence-electron chi connectivity index (χ0n) is 20.2. The monoisotopic (exact) mass is 476 g/mol. The summed E-state index contributed by atoms with van der Waals surface area (Å²) in [7, 11) is 0. The average molecular weight is 477 g/mol. The number of benzene rings is 2. The zero-order chi connectivity index (χ0) is 25.3. The summed E-state index contributed by atoms with van der Waals surface area (Å²) < 4.78 is 3.75. The van der Waals surface area contributed by atoms with Gasteiger partial charge in [-0.1, -0.05) is 25.1 Å². The maximum absolute atomic E-state index is 13.4. The number of carbonyl (C=O) groups is 2. The molecule has 0 aliphatic rings. The molecule has 4 aromatic rings. The van der Waals surface area contributed by atoms with Crippen LogP contribution in [0, 0.1) is 6.92 Å². The van der Waals surface area contributed by atoms with E-state index in [1.807, 2.05) is 45.9 Å². The summed E-state index contributed by atoms with van der Waals surface area (Å²) in [5.74, 6) is -0.610. The van der Waals surface area contributed by atoms with Gasteiger partial charge in [-0.2, -0.15) is 0 Å². The first-order valence-corrected chi connectivity index (χ1v) is 11.5. The predicted molar refractivity (Wildman–Crippen MR) is 134 cm³/mol. The fraction of sp³-hybridized carbons (Fsp3) is 0.320. The van der Waals surface area contributed by atoms with Crippen LogP contribution in [0.2, 0.25) is 0 Å². The molecule has 182 valence electrons. The van der Waals surface area contributed by atoms with Gasteiger partial charge in [0.1, 0.15) is 6.54 Å². The molecule has 35 heavy (non-hydrogen) atoms. The number of fused-ring (bicyclic) bond motifs is 3. The fourth-order valence-corrected chi connectivity index (χ4v) is 3.97. The van der Waals surface area contributed by atoms with Crippen molar-refractivity contribution in [3.8, 4) is 0 Å². The third-order valence-electron chi connectivity index (χ3n) is 5.62. The van der Waals surface area contributed by atoms with Gasteiger partial charge in [-0.15, -0.1) is 5.10 Å². The van der Waals surface area contributed by atoms with Gasteiger partial charge >= 0.3 is 5.69 Å². The molecule has 2 N–H and O–H groups in total. The standard InChI is InChI=1S/C25H28N6O4/c1-5-12-29-23(34)18-11-10-17(22(33)26-15(2)3)13-20(18)31-24(29)28-30(25(31)35)14-21(32)27-19-9-7-6-8-16(19)4/h6-11,13,15H,5,12,14H2,1-4H3,(H,26,33)(H,27,32). The van der Waals surface area contributed by atoms with Crippen LogP contribution in [0.5, 0.6) is 0 Å².